The van der Waals surface area contributed by atoms with Gasteiger partial charge in [0.2, 0.25) is 0 Å². The largest absolute Gasteiger partial charge is 0.492 e. The minimum Gasteiger partial charge on any atom is -0.492 e. The van der Waals surface area contributed by atoms with Crippen LogP contribution in [0.25, 0.3) is 0 Å². The maximum Gasteiger partial charge on any atom is 0.119 e. The third-order valence-corrected chi connectivity index (χ3v) is 4.59. The molecular formula is C20H26N2O. The Morgan fingerprint density at radius 1 is 1.00 bits per heavy atom. The van der Waals surface area contributed by atoms with Crippen molar-refractivity contribution >= 4 is 5.69 Å². The quantitative estimate of drug-likeness (QED) is 0.826. The molecule has 1 atom stereocenters. The van der Waals surface area contributed by atoms with Crippen LogP contribution in [-0.2, 0) is 6.42 Å². The summed E-state index contributed by atoms with van der Waals surface area (Å²) in [7, 11) is 0. The molecule has 2 aromatic carbocycles. The van der Waals surface area contributed by atoms with Crippen LogP contribution in [0.3, 0.4) is 0 Å². The molecular weight excluding hydrogens is 284 g/mol. The van der Waals surface area contributed by atoms with Gasteiger partial charge in [0.15, 0.2) is 0 Å². The molecule has 0 bridgehead atoms. The molecule has 1 aliphatic heterocycles. The van der Waals surface area contributed by atoms with Gasteiger partial charge in [-0.05, 0) is 55.6 Å². The standard InChI is InChI=1S/C20H26N2O/c21-18-9-11-20(12-10-18)23-15-14-22-13-5-4-8-19(22)16-17-6-2-1-3-7-17/h1-3,6-7,9-12,19H,4-5,8,13-16,21H2. The smallest absolute Gasteiger partial charge is 0.119 e. The van der Waals surface area contributed by atoms with Crippen LogP contribution in [0.5, 0.6) is 5.75 Å². The molecule has 3 rings (SSSR count). The van der Waals surface area contributed by atoms with E-state index in [4.69, 9.17) is 10.5 Å². The van der Waals surface area contributed by atoms with E-state index in [1.807, 2.05) is 24.3 Å². The zero-order valence-corrected chi connectivity index (χ0v) is 13.7. The summed E-state index contributed by atoms with van der Waals surface area (Å²) in [5.74, 6) is 0.899. The highest BCUT2D eigenvalue weighted by Crippen LogP contribution is 2.21. The van der Waals surface area contributed by atoms with Crippen molar-refractivity contribution in [1.29, 1.82) is 0 Å². The highest BCUT2D eigenvalue weighted by Gasteiger charge is 2.22. The fourth-order valence-electron chi connectivity index (χ4n) is 3.32. The SMILES string of the molecule is Nc1ccc(OCCN2CCCCC2Cc2ccccc2)cc1. The normalized spacial score (nSPS) is 18.7. The predicted octanol–water partition coefficient (Wildman–Crippen LogP) is 3.74. The summed E-state index contributed by atoms with van der Waals surface area (Å²) in [5.41, 5.74) is 7.91. The third kappa shape index (κ3) is 4.73. The third-order valence-electron chi connectivity index (χ3n) is 4.59. The summed E-state index contributed by atoms with van der Waals surface area (Å²) in [6.07, 6.45) is 5.07. The van der Waals surface area contributed by atoms with Crippen molar-refractivity contribution in [3.63, 3.8) is 0 Å². The Labute approximate surface area is 139 Å². The molecule has 0 saturated carbocycles. The second-order valence-corrected chi connectivity index (χ2v) is 6.29. The van der Waals surface area contributed by atoms with Crippen LogP contribution in [0.2, 0.25) is 0 Å². The van der Waals surface area contributed by atoms with Gasteiger partial charge in [0.1, 0.15) is 12.4 Å². The van der Waals surface area contributed by atoms with Gasteiger partial charge in [0, 0.05) is 18.3 Å². The molecule has 1 fully saturated rings. The van der Waals surface area contributed by atoms with Crippen LogP contribution < -0.4 is 10.5 Å². The molecule has 2 aromatic rings. The first-order valence-electron chi connectivity index (χ1n) is 8.57. The molecule has 1 heterocycles. The van der Waals surface area contributed by atoms with E-state index in [0.717, 1.165) is 31.0 Å². The molecule has 122 valence electrons. The van der Waals surface area contributed by atoms with Crippen molar-refractivity contribution in [2.24, 2.45) is 0 Å². The number of nitrogens with zero attached hydrogens (tertiary/aromatic N) is 1. The summed E-state index contributed by atoms with van der Waals surface area (Å²) in [6, 6.07) is 19.1. The summed E-state index contributed by atoms with van der Waals surface area (Å²) in [4.78, 5) is 2.59. The van der Waals surface area contributed by atoms with Crippen LogP contribution in [0.4, 0.5) is 5.69 Å². The van der Waals surface area contributed by atoms with Gasteiger partial charge in [0.25, 0.3) is 0 Å². The lowest BCUT2D eigenvalue weighted by atomic mass is 9.96. The molecule has 1 aliphatic rings. The van der Waals surface area contributed by atoms with Crippen molar-refractivity contribution in [2.45, 2.75) is 31.7 Å². The van der Waals surface area contributed by atoms with Gasteiger partial charge in [-0.2, -0.15) is 0 Å². The van der Waals surface area contributed by atoms with E-state index in [0.29, 0.717) is 6.04 Å². The Bertz CT molecular complexity index is 582. The Morgan fingerprint density at radius 3 is 2.57 bits per heavy atom. The number of ether oxygens (including phenoxy) is 1. The van der Waals surface area contributed by atoms with Gasteiger partial charge in [0.05, 0.1) is 0 Å². The van der Waals surface area contributed by atoms with Gasteiger partial charge >= 0.3 is 0 Å². The van der Waals surface area contributed by atoms with E-state index in [1.54, 1.807) is 0 Å². The average molecular weight is 310 g/mol. The Morgan fingerprint density at radius 2 is 1.78 bits per heavy atom. The first-order chi connectivity index (χ1) is 11.3. The molecule has 1 saturated heterocycles. The molecule has 2 N–H and O–H groups in total. The van der Waals surface area contributed by atoms with Crippen molar-refractivity contribution < 1.29 is 4.74 Å². The topological polar surface area (TPSA) is 38.5 Å². The van der Waals surface area contributed by atoms with Crippen molar-refractivity contribution in [2.75, 3.05) is 25.4 Å². The Hall–Kier alpha value is -2.00. The molecule has 0 radical (unpaired) electrons. The molecule has 0 amide bonds. The highest BCUT2D eigenvalue weighted by atomic mass is 16.5. The lowest BCUT2D eigenvalue weighted by Gasteiger charge is -2.35. The summed E-state index contributed by atoms with van der Waals surface area (Å²) in [6.45, 7) is 2.90. The number of anilines is 1. The van der Waals surface area contributed by atoms with Gasteiger partial charge in [-0.3, -0.25) is 4.90 Å². The molecule has 0 aromatic heterocycles. The lowest BCUT2D eigenvalue weighted by molar-refractivity contribution is 0.122. The van der Waals surface area contributed by atoms with E-state index < -0.39 is 0 Å². The molecule has 23 heavy (non-hydrogen) atoms. The summed E-state index contributed by atoms with van der Waals surface area (Å²) >= 11 is 0. The maximum absolute atomic E-state index is 5.87. The lowest BCUT2D eigenvalue weighted by Crippen LogP contribution is -2.43. The number of rotatable bonds is 6. The molecule has 3 heteroatoms. The van der Waals surface area contributed by atoms with Crippen LogP contribution in [0.15, 0.2) is 54.6 Å². The maximum atomic E-state index is 5.87. The molecule has 3 nitrogen and oxygen atoms in total. The highest BCUT2D eigenvalue weighted by molar-refractivity contribution is 5.41. The second-order valence-electron chi connectivity index (χ2n) is 6.29. The number of hydrogen-bond acceptors (Lipinski definition) is 3. The van der Waals surface area contributed by atoms with Crippen LogP contribution >= 0.6 is 0 Å². The molecule has 1 unspecified atom stereocenters. The predicted molar refractivity (Wildman–Crippen MR) is 95.7 cm³/mol. The number of piperidine rings is 1. The van der Waals surface area contributed by atoms with E-state index >= 15 is 0 Å². The average Bonchev–Trinajstić information content (AvgIpc) is 2.59. The van der Waals surface area contributed by atoms with Gasteiger partial charge in [-0.15, -0.1) is 0 Å². The van der Waals surface area contributed by atoms with Gasteiger partial charge in [-0.1, -0.05) is 36.8 Å². The number of nitrogens with two attached hydrogens (primary N) is 1. The van der Waals surface area contributed by atoms with Crippen LogP contribution in [-0.4, -0.2) is 30.6 Å². The van der Waals surface area contributed by atoms with E-state index in [1.165, 1.54) is 31.4 Å². The summed E-state index contributed by atoms with van der Waals surface area (Å²) < 4.78 is 5.87. The zero-order valence-electron chi connectivity index (χ0n) is 13.7. The fourth-order valence-corrected chi connectivity index (χ4v) is 3.32. The van der Waals surface area contributed by atoms with E-state index in [2.05, 4.69) is 35.2 Å². The van der Waals surface area contributed by atoms with E-state index in [-0.39, 0.29) is 0 Å². The molecule has 0 spiro atoms. The van der Waals surface area contributed by atoms with Crippen molar-refractivity contribution in [1.82, 2.24) is 4.90 Å². The second kappa shape index (κ2) is 8.02. The van der Waals surface area contributed by atoms with Gasteiger partial charge < -0.3 is 10.5 Å². The number of benzene rings is 2. The number of nitrogen functional groups attached to an aromatic ring is 1. The Kier molecular flexibility index (Phi) is 5.54. The minimum absolute atomic E-state index is 0.640. The van der Waals surface area contributed by atoms with E-state index in [9.17, 15) is 0 Å². The number of hydrogen-bond donors (Lipinski definition) is 1. The van der Waals surface area contributed by atoms with Crippen molar-refractivity contribution in [3.05, 3.63) is 60.2 Å². The van der Waals surface area contributed by atoms with Gasteiger partial charge in [-0.25, -0.2) is 0 Å². The van der Waals surface area contributed by atoms with Crippen LogP contribution in [0, 0.1) is 0 Å². The Balaban J connectivity index is 1.51. The first kappa shape index (κ1) is 15.9. The van der Waals surface area contributed by atoms with Crippen molar-refractivity contribution in [3.8, 4) is 5.75 Å². The minimum atomic E-state index is 0.640. The summed E-state index contributed by atoms with van der Waals surface area (Å²) in [5, 5.41) is 0. The molecule has 0 aliphatic carbocycles. The van der Waals surface area contributed by atoms with Crippen LogP contribution in [0.1, 0.15) is 24.8 Å². The first-order valence-corrected chi connectivity index (χ1v) is 8.57. The zero-order chi connectivity index (χ0) is 15.9. The fraction of sp³-hybridized carbons (Fsp3) is 0.400. The monoisotopic (exact) mass is 310 g/mol. The number of likely N-dealkylation sites (tertiary alicyclic amines) is 1.